The van der Waals surface area contributed by atoms with Gasteiger partial charge in [0.1, 0.15) is 17.8 Å². The number of aromatic nitrogens is 2. The van der Waals surface area contributed by atoms with Crippen molar-refractivity contribution in [1.29, 1.82) is 0 Å². The van der Waals surface area contributed by atoms with Crippen LogP contribution < -0.4 is 10.6 Å². The van der Waals surface area contributed by atoms with Crippen LogP contribution in [-0.4, -0.2) is 15.9 Å². The maximum absolute atomic E-state index is 12.3. The average Bonchev–Trinajstić information content (AvgIpc) is 2.66. The normalized spacial score (nSPS) is 10.3. The van der Waals surface area contributed by atoms with Crippen molar-refractivity contribution < 1.29 is 4.79 Å². The van der Waals surface area contributed by atoms with Gasteiger partial charge in [-0.2, -0.15) is 0 Å². The molecule has 0 unspecified atom stereocenters. The summed E-state index contributed by atoms with van der Waals surface area (Å²) < 4.78 is 0. The van der Waals surface area contributed by atoms with Crippen molar-refractivity contribution in [3.8, 4) is 0 Å². The second-order valence-electron chi connectivity index (χ2n) is 5.74. The highest BCUT2D eigenvalue weighted by Gasteiger charge is 2.09. The van der Waals surface area contributed by atoms with Gasteiger partial charge in [-0.25, -0.2) is 9.97 Å². The quantitative estimate of drug-likeness (QED) is 0.726. The highest BCUT2D eigenvalue weighted by molar-refractivity contribution is 5.92. The van der Waals surface area contributed by atoms with Crippen molar-refractivity contribution in [2.45, 2.75) is 20.0 Å². The van der Waals surface area contributed by atoms with E-state index in [9.17, 15) is 4.79 Å². The average molecular weight is 332 g/mol. The monoisotopic (exact) mass is 332 g/mol. The van der Waals surface area contributed by atoms with Gasteiger partial charge in [0.05, 0.1) is 0 Å². The Hall–Kier alpha value is -3.21. The Morgan fingerprint density at radius 2 is 1.72 bits per heavy atom. The third-order valence-corrected chi connectivity index (χ3v) is 3.92. The highest BCUT2D eigenvalue weighted by Crippen LogP contribution is 2.09. The molecular weight excluding hydrogens is 312 g/mol. The van der Waals surface area contributed by atoms with Crippen molar-refractivity contribution in [3.05, 3.63) is 89.4 Å². The highest BCUT2D eigenvalue weighted by atomic mass is 16.1. The second-order valence-corrected chi connectivity index (χ2v) is 5.74. The number of amides is 1. The zero-order valence-corrected chi connectivity index (χ0v) is 14.1. The van der Waals surface area contributed by atoms with E-state index in [0.29, 0.717) is 24.6 Å². The lowest BCUT2D eigenvalue weighted by atomic mass is 10.1. The molecule has 0 saturated heterocycles. The minimum absolute atomic E-state index is 0.214. The molecule has 0 bridgehead atoms. The Balaban J connectivity index is 1.60. The van der Waals surface area contributed by atoms with E-state index in [2.05, 4.69) is 20.6 Å². The summed E-state index contributed by atoms with van der Waals surface area (Å²) in [7, 11) is 0. The van der Waals surface area contributed by atoms with E-state index < -0.39 is 0 Å². The smallest absolute Gasteiger partial charge is 0.270 e. The first-order valence-electron chi connectivity index (χ1n) is 8.15. The molecule has 126 valence electrons. The van der Waals surface area contributed by atoms with Crippen molar-refractivity contribution in [3.63, 3.8) is 0 Å². The molecule has 0 fully saturated rings. The molecule has 0 atom stereocenters. The number of rotatable bonds is 6. The number of benzene rings is 2. The Morgan fingerprint density at radius 1 is 0.960 bits per heavy atom. The molecule has 1 heterocycles. The van der Waals surface area contributed by atoms with Crippen molar-refractivity contribution >= 4 is 11.7 Å². The van der Waals surface area contributed by atoms with Gasteiger partial charge >= 0.3 is 0 Å². The summed E-state index contributed by atoms with van der Waals surface area (Å²) in [4.78, 5) is 20.6. The fourth-order valence-corrected chi connectivity index (χ4v) is 2.44. The molecule has 5 heteroatoms. The Labute approximate surface area is 147 Å². The maximum Gasteiger partial charge on any atom is 0.270 e. The second kappa shape index (κ2) is 8.06. The van der Waals surface area contributed by atoms with Gasteiger partial charge in [-0.3, -0.25) is 4.79 Å². The zero-order valence-electron chi connectivity index (χ0n) is 14.1. The van der Waals surface area contributed by atoms with E-state index in [1.807, 2.05) is 61.5 Å². The summed E-state index contributed by atoms with van der Waals surface area (Å²) in [6.07, 6.45) is 1.40. The first-order chi connectivity index (χ1) is 12.2. The Kier molecular flexibility index (Phi) is 5.36. The number of hydrogen-bond donors (Lipinski definition) is 2. The van der Waals surface area contributed by atoms with Crippen LogP contribution in [0.4, 0.5) is 5.82 Å². The standard InChI is InChI=1S/C20H20N4O/c1-15-7-5-6-10-17(15)13-22-20(25)18-11-19(24-14-23-18)21-12-16-8-3-2-4-9-16/h2-11,14H,12-13H2,1H3,(H,22,25)(H,21,23,24). The Bertz CT molecular complexity index is 849. The lowest BCUT2D eigenvalue weighted by Gasteiger charge is -2.09. The van der Waals surface area contributed by atoms with Crippen LogP contribution in [-0.2, 0) is 13.1 Å². The predicted molar refractivity (Wildman–Crippen MR) is 98.1 cm³/mol. The number of anilines is 1. The molecule has 3 rings (SSSR count). The zero-order chi connectivity index (χ0) is 17.5. The Morgan fingerprint density at radius 3 is 2.52 bits per heavy atom. The topological polar surface area (TPSA) is 66.9 Å². The van der Waals surface area contributed by atoms with Crippen molar-refractivity contribution in [2.75, 3.05) is 5.32 Å². The van der Waals surface area contributed by atoms with E-state index in [1.165, 1.54) is 6.33 Å². The number of nitrogens with one attached hydrogen (secondary N) is 2. The van der Waals surface area contributed by atoms with Crippen LogP contribution in [0, 0.1) is 6.92 Å². The molecule has 0 saturated carbocycles. The minimum Gasteiger partial charge on any atom is -0.366 e. The van der Waals surface area contributed by atoms with Gasteiger partial charge in [0.2, 0.25) is 0 Å². The lowest BCUT2D eigenvalue weighted by Crippen LogP contribution is -2.24. The molecule has 1 aromatic heterocycles. The molecule has 0 spiro atoms. The number of carbonyl (C=O) groups excluding carboxylic acids is 1. The molecular formula is C20H20N4O. The molecule has 2 aromatic carbocycles. The number of aryl methyl sites for hydroxylation is 1. The fraction of sp³-hybridized carbons (Fsp3) is 0.150. The van der Waals surface area contributed by atoms with Gasteiger partial charge in [-0.05, 0) is 23.6 Å². The van der Waals surface area contributed by atoms with Crippen LogP contribution in [0.2, 0.25) is 0 Å². The van der Waals surface area contributed by atoms with E-state index in [4.69, 9.17) is 0 Å². The van der Waals surface area contributed by atoms with E-state index in [1.54, 1.807) is 6.07 Å². The van der Waals surface area contributed by atoms with Gasteiger partial charge in [0.15, 0.2) is 0 Å². The summed E-state index contributed by atoms with van der Waals surface area (Å²) in [5, 5.41) is 6.11. The maximum atomic E-state index is 12.3. The summed E-state index contributed by atoms with van der Waals surface area (Å²) in [5.74, 6) is 0.410. The molecule has 3 aromatic rings. The van der Waals surface area contributed by atoms with Crippen LogP contribution in [0.15, 0.2) is 67.0 Å². The SMILES string of the molecule is Cc1ccccc1CNC(=O)c1cc(NCc2ccccc2)ncn1. The van der Waals surface area contributed by atoms with Gasteiger partial charge < -0.3 is 10.6 Å². The predicted octanol–water partition coefficient (Wildman–Crippen LogP) is 3.33. The third-order valence-electron chi connectivity index (χ3n) is 3.92. The first kappa shape index (κ1) is 16.6. The van der Waals surface area contributed by atoms with E-state index in [0.717, 1.165) is 16.7 Å². The van der Waals surface area contributed by atoms with Gasteiger partial charge in [-0.1, -0.05) is 54.6 Å². The van der Waals surface area contributed by atoms with E-state index >= 15 is 0 Å². The van der Waals surface area contributed by atoms with Crippen LogP contribution in [0.25, 0.3) is 0 Å². The number of nitrogens with zero attached hydrogens (tertiary/aromatic N) is 2. The molecule has 25 heavy (non-hydrogen) atoms. The van der Waals surface area contributed by atoms with Gasteiger partial charge in [0.25, 0.3) is 5.91 Å². The van der Waals surface area contributed by atoms with Crippen molar-refractivity contribution in [2.24, 2.45) is 0 Å². The van der Waals surface area contributed by atoms with Crippen molar-refractivity contribution in [1.82, 2.24) is 15.3 Å². The summed E-state index contributed by atoms with van der Waals surface area (Å²) >= 11 is 0. The molecule has 0 radical (unpaired) electrons. The fourth-order valence-electron chi connectivity index (χ4n) is 2.44. The summed E-state index contributed by atoms with van der Waals surface area (Å²) in [6.45, 7) is 3.14. The molecule has 1 amide bonds. The molecule has 5 nitrogen and oxygen atoms in total. The molecule has 0 aliphatic rings. The molecule has 0 aliphatic heterocycles. The van der Waals surface area contributed by atoms with Crippen LogP contribution in [0.3, 0.4) is 0 Å². The first-order valence-corrected chi connectivity index (χ1v) is 8.15. The van der Waals surface area contributed by atoms with Gasteiger partial charge in [0, 0.05) is 19.2 Å². The minimum atomic E-state index is -0.214. The van der Waals surface area contributed by atoms with E-state index in [-0.39, 0.29) is 5.91 Å². The third kappa shape index (κ3) is 4.64. The van der Waals surface area contributed by atoms with Crippen LogP contribution >= 0.6 is 0 Å². The lowest BCUT2D eigenvalue weighted by molar-refractivity contribution is 0.0945. The summed E-state index contributed by atoms with van der Waals surface area (Å²) in [5.41, 5.74) is 3.73. The molecule has 2 N–H and O–H groups in total. The van der Waals surface area contributed by atoms with Crippen LogP contribution in [0.5, 0.6) is 0 Å². The summed E-state index contributed by atoms with van der Waals surface area (Å²) in [6, 6.07) is 19.7. The number of hydrogen-bond acceptors (Lipinski definition) is 4. The largest absolute Gasteiger partial charge is 0.366 e. The van der Waals surface area contributed by atoms with Gasteiger partial charge in [-0.15, -0.1) is 0 Å². The van der Waals surface area contributed by atoms with Crippen LogP contribution in [0.1, 0.15) is 27.2 Å². The number of carbonyl (C=O) groups is 1. The molecule has 0 aliphatic carbocycles.